The summed E-state index contributed by atoms with van der Waals surface area (Å²) in [5.74, 6) is -1.45. The minimum Gasteiger partial charge on any atom is -0.481 e. The zero-order chi connectivity index (χ0) is 17.6. The number of morpholine rings is 1. The van der Waals surface area contributed by atoms with E-state index in [1.165, 1.54) is 0 Å². The van der Waals surface area contributed by atoms with Crippen LogP contribution in [0.15, 0.2) is 42.5 Å². The number of aldehydes is 1. The van der Waals surface area contributed by atoms with Gasteiger partial charge in [-0.2, -0.15) is 0 Å². The van der Waals surface area contributed by atoms with Crippen molar-refractivity contribution in [3.63, 3.8) is 0 Å². The van der Waals surface area contributed by atoms with E-state index < -0.39 is 11.9 Å². The van der Waals surface area contributed by atoms with E-state index in [-0.39, 0.29) is 6.04 Å². The van der Waals surface area contributed by atoms with Crippen molar-refractivity contribution in [3.05, 3.63) is 48.0 Å². The Hall–Kier alpha value is -2.24. The van der Waals surface area contributed by atoms with Gasteiger partial charge in [0.1, 0.15) is 6.29 Å². The molecule has 0 aromatic heterocycles. The summed E-state index contributed by atoms with van der Waals surface area (Å²) in [6.45, 7) is 2.52. The molecular formula is C20H23NO4. The quantitative estimate of drug-likeness (QED) is 0.783. The Balaban J connectivity index is 1.78. The molecule has 0 amide bonds. The van der Waals surface area contributed by atoms with Gasteiger partial charge in [-0.15, -0.1) is 0 Å². The van der Waals surface area contributed by atoms with Crippen LogP contribution in [0, 0.1) is 5.92 Å². The Morgan fingerprint density at radius 1 is 1.16 bits per heavy atom. The number of rotatable bonds is 7. The van der Waals surface area contributed by atoms with Crippen molar-refractivity contribution in [2.24, 2.45) is 5.92 Å². The number of carbonyl (C=O) groups is 2. The first kappa shape index (κ1) is 17.6. The Kier molecular flexibility index (Phi) is 5.79. The molecule has 2 aromatic rings. The summed E-state index contributed by atoms with van der Waals surface area (Å²) in [6, 6.07) is 13.6. The highest BCUT2D eigenvalue weighted by molar-refractivity contribution is 5.86. The molecule has 1 fully saturated rings. The molecular weight excluding hydrogens is 318 g/mol. The van der Waals surface area contributed by atoms with Crippen molar-refractivity contribution in [1.82, 2.24) is 4.90 Å². The summed E-state index contributed by atoms with van der Waals surface area (Å²) in [7, 11) is 0. The molecule has 1 saturated heterocycles. The third kappa shape index (κ3) is 4.24. The highest BCUT2D eigenvalue weighted by atomic mass is 16.5. The first-order chi connectivity index (χ1) is 12.2. The lowest BCUT2D eigenvalue weighted by atomic mass is 9.90. The van der Waals surface area contributed by atoms with Gasteiger partial charge in [-0.3, -0.25) is 9.69 Å². The van der Waals surface area contributed by atoms with Gasteiger partial charge in [0.15, 0.2) is 0 Å². The molecule has 1 heterocycles. The number of hydrogen-bond donors (Lipinski definition) is 1. The second-order valence-electron chi connectivity index (χ2n) is 6.47. The van der Waals surface area contributed by atoms with Crippen molar-refractivity contribution in [2.45, 2.75) is 18.9 Å². The second kappa shape index (κ2) is 8.23. The number of aliphatic carboxylic acids is 1. The molecule has 1 aliphatic rings. The first-order valence-electron chi connectivity index (χ1n) is 8.65. The van der Waals surface area contributed by atoms with Gasteiger partial charge in [0, 0.05) is 13.1 Å². The number of carboxylic acids is 1. The van der Waals surface area contributed by atoms with Crippen LogP contribution in [-0.2, 0) is 20.7 Å². The summed E-state index contributed by atoms with van der Waals surface area (Å²) < 4.78 is 5.32. The van der Waals surface area contributed by atoms with Crippen LogP contribution in [0.5, 0.6) is 0 Å². The number of benzene rings is 2. The molecule has 0 bridgehead atoms. The van der Waals surface area contributed by atoms with Crippen LogP contribution in [0.1, 0.15) is 12.0 Å². The number of carboxylic acid groups (broad SMARTS) is 1. The van der Waals surface area contributed by atoms with Gasteiger partial charge < -0.3 is 14.6 Å². The monoisotopic (exact) mass is 341 g/mol. The predicted molar refractivity (Wildman–Crippen MR) is 95.6 cm³/mol. The molecule has 1 N–H and O–H groups in total. The molecule has 0 spiro atoms. The standard InChI is InChI=1S/C20H23NO4/c22-14-18(21-8-10-25-11-9-21)13-17(20(23)24)12-16-6-3-5-15-4-1-2-7-19(15)16/h1-7,14,17-18H,8-13H2,(H,23,24). The van der Waals surface area contributed by atoms with Gasteiger partial charge in [0.2, 0.25) is 0 Å². The van der Waals surface area contributed by atoms with E-state index in [0.29, 0.717) is 39.1 Å². The number of carbonyl (C=O) groups excluding carboxylic acids is 1. The van der Waals surface area contributed by atoms with Crippen LogP contribution >= 0.6 is 0 Å². The largest absolute Gasteiger partial charge is 0.481 e. The van der Waals surface area contributed by atoms with E-state index in [1.54, 1.807) is 0 Å². The van der Waals surface area contributed by atoms with E-state index in [2.05, 4.69) is 0 Å². The lowest BCUT2D eigenvalue weighted by Crippen LogP contribution is -2.45. The molecule has 2 atom stereocenters. The maximum Gasteiger partial charge on any atom is 0.306 e. The second-order valence-corrected chi connectivity index (χ2v) is 6.47. The number of nitrogens with zero attached hydrogens (tertiary/aromatic N) is 1. The first-order valence-corrected chi connectivity index (χ1v) is 8.65. The summed E-state index contributed by atoms with van der Waals surface area (Å²) in [5.41, 5.74) is 1.01. The fourth-order valence-electron chi connectivity index (χ4n) is 3.50. The van der Waals surface area contributed by atoms with Crippen molar-refractivity contribution in [1.29, 1.82) is 0 Å². The van der Waals surface area contributed by atoms with Gasteiger partial charge in [-0.25, -0.2) is 0 Å². The van der Waals surface area contributed by atoms with Crippen LogP contribution in [0.25, 0.3) is 10.8 Å². The molecule has 0 saturated carbocycles. The van der Waals surface area contributed by atoms with Crippen molar-refractivity contribution < 1.29 is 19.4 Å². The molecule has 25 heavy (non-hydrogen) atoms. The minimum atomic E-state index is -0.854. The fourth-order valence-corrected chi connectivity index (χ4v) is 3.50. The average molecular weight is 341 g/mol. The summed E-state index contributed by atoms with van der Waals surface area (Å²) in [6.07, 6.45) is 1.62. The van der Waals surface area contributed by atoms with Crippen LogP contribution in [-0.4, -0.2) is 54.6 Å². The molecule has 1 aliphatic heterocycles. The Morgan fingerprint density at radius 3 is 2.60 bits per heavy atom. The van der Waals surface area contributed by atoms with Crippen LogP contribution in [0.4, 0.5) is 0 Å². The highest BCUT2D eigenvalue weighted by Gasteiger charge is 2.28. The average Bonchev–Trinajstić information content (AvgIpc) is 2.65. The third-order valence-corrected chi connectivity index (χ3v) is 4.89. The minimum absolute atomic E-state index is 0.321. The normalized spacial score (nSPS) is 17.9. The molecule has 5 nitrogen and oxygen atoms in total. The lowest BCUT2D eigenvalue weighted by molar-refractivity contribution is -0.142. The SMILES string of the molecule is O=CC(CC(Cc1cccc2ccccc12)C(=O)O)N1CCOCC1. The smallest absolute Gasteiger partial charge is 0.306 e. The maximum absolute atomic E-state index is 11.8. The van der Waals surface area contributed by atoms with Gasteiger partial charge in [0.25, 0.3) is 0 Å². The van der Waals surface area contributed by atoms with Crippen LogP contribution in [0.2, 0.25) is 0 Å². The van der Waals surface area contributed by atoms with E-state index >= 15 is 0 Å². The zero-order valence-corrected chi connectivity index (χ0v) is 14.1. The molecule has 2 unspecified atom stereocenters. The van der Waals surface area contributed by atoms with Gasteiger partial charge in [-0.1, -0.05) is 42.5 Å². The van der Waals surface area contributed by atoms with Gasteiger partial charge >= 0.3 is 5.97 Å². The Labute approximate surface area is 147 Å². The van der Waals surface area contributed by atoms with Crippen molar-refractivity contribution in [3.8, 4) is 0 Å². The maximum atomic E-state index is 11.8. The van der Waals surface area contributed by atoms with Crippen LogP contribution in [0.3, 0.4) is 0 Å². The molecule has 0 radical (unpaired) electrons. The zero-order valence-electron chi connectivity index (χ0n) is 14.1. The fraction of sp³-hybridized carbons (Fsp3) is 0.400. The molecule has 0 aliphatic carbocycles. The van der Waals surface area contributed by atoms with Crippen molar-refractivity contribution in [2.75, 3.05) is 26.3 Å². The number of fused-ring (bicyclic) bond motifs is 1. The Morgan fingerprint density at radius 2 is 1.88 bits per heavy atom. The molecule has 3 rings (SSSR count). The predicted octanol–water partition coefficient (Wildman–Crippen LogP) is 2.37. The van der Waals surface area contributed by atoms with E-state index in [1.807, 2.05) is 47.4 Å². The number of hydrogen-bond acceptors (Lipinski definition) is 4. The van der Waals surface area contributed by atoms with Gasteiger partial charge in [-0.05, 0) is 29.2 Å². The van der Waals surface area contributed by atoms with Crippen molar-refractivity contribution >= 4 is 23.0 Å². The van der Waals surface area contributed by atoms with Gasteiger partial charge in [0.05, 0.1) is 25.2 Å². The highest BCUT2D eigenvalue weighted by Crippen LogP contribution is 2.24. The number of ether oxygens (including phenoxy) is 1. The molecule has 132 valence electrons. The summed E-state index contributed by atoms with van der Waals surface area (Å²) >= 11 is 0. The van der Waals surface area contributed by atoms with E-state index in [4.69, 9.17) is 4.74 Å². The Bertz CT molecular complexity index is 734. The molecule has 2 aromatic carbocycles. The van der Waals surface area contributed by atoms with E-state index in [0.717, 1.165) is 22.6 Å². The van der Waals surface area contributed by atoms with Crippen LogP contribution < -0.4 is 0 Å². The topological polar surface area (TPSA) is 66.8 Å². The van der Waals surface area contributed by atoms with E-state index in [9.17, 15) is 14.7 Å². The summed E-state index contributed by atoms with van der Waals surface area (Å²) in [4.78, 5) is 25.4. The summed E-state index contributed by atoms with van der Waals surface area (Å²) in [5, 5.41) is 11.9. The third-order valence-electron chi connectivity index (χ3n) is 4.89. The molecule has 5 heteroatoms. The lowest BCUT2D eigenvalue weighted by Gasteiger charge is -2.32.